The molecule has 1 atom stereocenters. The summed E-state index contributed by atoms with van der Waals surface area (Å²) in [4.78, 5) is 22.3. The molecule has 1 amide bonds. The van der Waals surface area contributed by atoms with E-state index in [0.29, 0.717) is 31.7 Å². The number of carbonyl (C=O) groups is 2. The van der Waals surface area contributed by atoms with Crippen LogP contribution in [0.5, 0.6) is 0 Å². The Bertz CT molecular complexity index is 235. The Kier molecular flexibility index (Phi) is 9.95. The van der Waals surface area contributed by atoms with Crippen molar-refractivity contribution in [1.29, 1.82) is 0 Å². The summed E-state index contributed by atoms with van der Waals surface area (Å²) in [6.07, 6.45) is 0.962. The summed E-state index contributed by atoms with van der Waals surface area (Å²) in [5.41, 5.74) is 5.56. The minimum Gasteiger partial charge on any atom is -0.466 e. The normalized spacial score (nSPS) is 11.9. The molecule has 0 aromatic heterocycles. The molecule has 17 heavy (non-hydrogen) atoms. The van der Waals surface area contributed by atoms with E-state index in [4.69, 9.17) is 10.5 Å². The molecule has 0 aliphatic heterocycles. The van der Waals surface area contributed by atoms with Gasteiger partial charge in [-0.15, -0.1) is 0 Å². The van der Waals surface area contributed by atoms with Crippen LogP contribution in [0, 0.1) is 0 Å². The highest BCUT2D eigenvalue weighted by Crippen LogP contribution is 2.00. The van der Waals surface area contributed by atoms with E-state index < -0.39 is 0 Å². The van der Waals surface area contributed by atoms with Crippen LogP contribution in [0.4, 0.5) is 0 Å². The first-order chi connectivity index (χ1) is 8.06. The lowest BCUT2D eigenvalue weighted by molar-refractivity contribution is -0.143. The van der Waals surface area contributed by atoms with Crippen molar-refractivity contribution < 1.29 is 14.3 Å². The average molecular weight is 262 g/mol. The fraction of sp³-hybridized carbons (Fsp3) is 0.818. The third kappa shape index (κ3) is 11.5. The van der Waals surface area contributed by atoms with Gasteiger partial charge >= 0.3 is 5.97 Å². The van der Waals surface area contributed by atoms with Crippen LogP contribution in [0.25, 0.3) is 0 Å². The predicted octanol–water partition coefficient (Wildman–Crippen LogP) is 0.526. The molecule has 0 aliphatic carbocycles. The van der Waals surface area contributed by atoms with E-state index in [0.717, 1.165) is 5.75 Å². The van der Waals surface area contributed by atoms with Crippen LogP contribution >= 0.6 is 11.8 Å². The molecule has 0 aliphatic rings. The number of ether oxygens (including phenoxy) is 1. The lowest BCUT2D eigenvalue weighted by atomic mass is 10.3. The number of thioether (sulfide) groups is 1. The third-order valence-electron chi connectivity index (χ3n) is 1.80. The number of amides is 1. The molecule has 0 heterocycles. The molecular weight excluding hydrogens is 240 g/mol. The van der Waals surface area contributed by atoms with Crippen LogP contribution in [0.15, 0.2) is 0 Å². The van der Waals surface area contributed by atoms with Crippen LogP contribution in [0.1, 0.15) is 26.7 Å². The number of nitrogens with one attached hydrogen (secondary N) is 1. The Balaban J connectivity index is 3.36. The largest absolute Gasteiger partial charge is 0.466 e. The number of esters is 1. The van der Waals surface area contributed by atoms with Crippen LogP contribution in [0.3, 0.4) is 0 Å². The van der Waals surface area contributed by atoms with Gasteiger partial charge in [-0.1, -0.05) is 0 Å². The molecule has 5 nitrogen and oxygen atoms in total. The molecule has 0 aromatic rings. The monoisotopic (exact) mass is 262 g/mol. The third-order valence-corrected chi connectivity index (χ3v) is 3.03. The summed E-state index contributed by atoms with van der Waals surface area (Å²) in [6, 6.07) is 0.108. The molecule has 0 saturated carbocycles. The molecule has 1 unspecified atom stereocenters. The zero-order valence-electron chi connectivity index (χ0n) is 10.5. The van der Waals surface area contributed by atoms with Crippen molar-refractivity contribution in [3.63, 3.8) is 0 Å². The van der Waals surface area contributed by atoms with Gasteiger partial charge in [0.05, 0.1) is 12.4 Å². The fourth-order valence-corrected chi connectivity index (χ4v) is 1.86. The topological polar surface area (TPSA) is 81.4 Å². The summed E-state index contributed by atoms with van der Waals surface area (Å²) in [7, 11) is 0. The number of carbonyl (C=O) groups excluding carboxylic acids is 2. The SMILES string of the molecule is CCOC(=O)CCCNC(=O)CSCC(C)N. The number of hydrogen-bond acceptors (Lipinski definition) is 5. The van der Waals surface area contributed by atoms with E-state index in [-0.39, 0.29) is 17.9 Å². The maximum atomic E-state index is 11.3. The van der Waals surface area contributed by atoms with E-state index in [1.165, 1.54) is 11.8 Å². The standard InChI is InChI=1S/C11H22N2O3S/c1-3-16-11(15)5-4-6-13-10(14)8-17-7-9(2)12/h9H,3-8,12H2,1-2H3,(H,13,14). The molecular formula is C11H22N2O3S. The molecule has 0 spiro atoms. The minimum atomic E-state index is -0.215. The van der Waals surface area contributed by atoms with Gasteiger partial charge in [0.25, 0.3) is 0 Å². The second-order valence-corrected chi connectivity index (χ2v) is 4.78. The zero-order chi connectivity index (χ0) is 13.1. The van der Waals surface area contributed by atoms with Crippen molar-refractivity contribution in [2.45, 2.75) is 32.7 Å². The average Bonchev–Trinajstić information content (AvgIpc) is 2.24. The molecule has 0 radical (unpaired) electrons. The molecule has 0 aromatic carbocycles. The molecule has 0 fully saturated rings. The Morgan fingerprint density at radius 3 is 2.76 bits per heavy atom. The van der Waals surface area contributed by atoms with Crippen molar-refractivity contribution in [1.82, 2.24) is 5.32 Å². The quantitative estimate of drug-likeness (QED) is 0.468. The van der Waals surface area contributed by atoms with Gasteiger partial charge in [0.2, 0.25) is 5.91 Å². The lowest BCUT2D eigenvalue weighted by Crippen LogP contribution is -2.27. The van der Waals surface area contributed by atoms with Crippen LogP contribution < -0.4 is 11.1 Å². The van der Waals surface area contributed by atoms with Crippen LogP contribution in [-0.4, -0.2) is 42.6 Å². The van der Waals surface area contributed by atoms with Gasteiger partial charge in [0.15, 0.2) is 0 Å². The molecule has 0 saturated heterocycles. The Labute approximate surface area is 107 Å². The number of hydrogen-bond donors (Lipinski definition) is 2. The van der Waals surface area contributed by atoms with Gasteiger partial charge in [0, 0.05) is 24.8 Å². The fourth-order valence-electron chi connectivity index (χ4n) is 1.08. The van der Waals surface area contributed by atoms with Gasteiger partial charge < -0.3 is 15.8 Å². The summed E-state index contributed by atoms with van der Waals surface area (Å²) >= 11 is 1.51. The second kappa shape index (κ2) is 10.4. The lowest BCUT2D eigenvalue weighted by Gasteiger charge is -2.06. The van der Waals surface area contributed by atoms with E-state index in [9.17, 15) is 9.59 Å². The van der Waals surface area contributed by atoms with Crippen molar-refractivity contribution in [2.24, 2.45) is 5.73 Å². The summed E-state index contributed by atoms with van der Waals surface area (Å²) < 4.78 is 4.77. The first-order valence-corrected chi connectivity index (χ1v) is 6.97. The number of rotatable bonds is 9. The van der Waals surface area contributed by atoms with E-state index in [1.54, 1.807) is 6.92 Å². The Hall–Kier alpha value is -0.750. The van der Waals surface area contributed by atoms with Crippen LogP contribution in [-0.2, 0) is 14.3 Å². The summed E-state index contributed by atoms with van der Waals surface area (Å²) in [6.45, 7) is 4.59. The molecule has 6 heteroatoms. The number of nitrogens with two attached hydrogens (primary N) is 1. The molecule has 0 bridgehead atoms. The van der Waals surface area contributed by atoms with Gasteiger partial charge in [-0.25, -0.2) is 0 Å². The van der Waals surface area contributed by atoms with E-state index in [2.05, 4.69) is 5.32 Å². The van der Waals surface area contributed by atoms with Gasteiger partial charge in [-0.3, -0.25) is 9.59 Å². The Morgan fingerprint density at radius 1 is 1.47 bits per heavy atom. The highest BCUT2D eigenvalue weighted by atomic mass is 32.2. The Morgan fingerprint density at radius 2 is 2.18 bits per heavy atom. The summed E-state index contributed by atoms with van der Waals surface area (Å²) in [5, 5.41) is 2.75. The van der Waals surface area contributed by atoms with Crippen LogP contribution in [0.2, 0.25) is 0 Å². The highest BCUT2D eigenvalue weighted by molar-refractivity contribution is 7.99. The van der Waals surface area contributed by atoms with Gasteiger partial charge in [-0.05, 0) is 20.3 Å². The maximum absolute atomic E-state index is 11.3. The van der Waals surface area contributed by atoms with E-state index in [1.807, 2.05) is 6.92 Å². The van der Waals surface area contributed by atoms with Crippen molar-refractivity contribution in [3.8, 4) is 0 Å². The first kappa shape index (κ1) is 16.2. The molecule has 0 rings (SSSR count). The van der Waals surface area contributed by atoms with E-state index >= 15 is 0 Å². The maximum Gasteiger partial charge on any atom is 0.305 e. The molecule has 100 valence electrons. The predicted molar refractivity (Wildman–Crippen MR) is 69.9 cm³/mol. The smallest absolute Gasteiger partial charge is 0.305 e. The highest BCUT2D eigenvalue weighted by Gasteiger charge is 2.04. The van der Waals surface area contributed by atoms with Crippen molar-refractivity contribution in [2.75, 3.05) is 24.7 Å². The minimum absolute atomic E-state index is 0.0143. The molecule has 3 N–H and O–H groups in total. The zero-order valence-corrected chi connectivity index (χ0v) is 11.3. The van der Waals surface area contributed by atoms with Gasteiger partial charge in [0.1, 0.15) is 0 Å². The first-order valence-electron chi connectivity index (χ1n) is 5.82. The van der Waals surface area contributed by atoms with Crippen molar-refractivity contribution >= 4 is 23.6 Å². The second-order valence-electron chi connectivity index (χ2n) is 3.75. The van der Waals surface area contributed by atoms with Crippen molar-refractivity contribution in [3.05, 3.63) is 0 Å². The van der Waals surface area contributed by atoms with Gasteiger partial charge in [-0.2, -0.15) is 11.8 Å². The summed E-state index contributed by atoms with van der Waals surface area (Å²) in [5.74, 6) is 0.963.